The second-order valence-corrected chi connectivity index (χ2v) is 10.2. The summed E-state index contributed by atoms with van der Waals surface area (Å²) in [7, 11) is 0. The van der Waals surface area contributed by atoms with E-state index in [9.17, 15) is 9.59 Å². The van der Waals surface area contributed by atoms with E-state index < -0.39 is 0 Å². The van der Waals surface area contributed by atoms with Gasteiger partial charge in [0.1, 0.15) is 15.8 Å². The van der Waals surface area contributed by atoms with Crippen molar-refractivity contribution in [3.63, 3.8) is 0 Å². The molecular formula is C25H24N4O2S2. The lowest BCUT2D eigenvalue weighted by Gasteiger charge is -2.20. The molecule has 4 heterocycles. The molecule has 3 aromatic rings. The zero-order chi connectivity index (χ0) is 23.1. The highest BCUT2D eigenvalue weighted by atomic mass is 32.2. The van der Waals surface area contributed by atoms with Crippen molar-refractivity contribution >= 4 is 51.7 Å². The predicted molar refractivity (Wildman–Crippen MR) is 138 cm³/mol. The molecule has 2 saturated heterocycles. The van der Waals surface area contributed by atoms with Crippen LogP contribution in [0.3, 0.4) is 0 Å². The average molecular weight is 477 g/mol. The summed E-state index contributed by atoms with van der Waals surface area (Å²) in [6, 6.07) is 11.8. The van der Waals surface area contributed by atoms with Gasteiger partial charge in [-0.2, -0.15) is 0 Å². The first-order valence-electron chi connectivity index (χ1n) is 11.0. The standard InChI is InChI=1S/C25H24N4O2S2/c1-16-7-9-18(10-8-16)15-29-24(31)20(33-25(29)32)14-19-22(27-11-3-4-12-27)26-21-17(2)6-5-13-28(21)23(19)30/h5-10,13-14H,3-4,11-12,15H2,1-2H3. The van der Waals surface area contributed by atoms with Crippen molar-refractivity contribution in [2.24, 2.45) is 0 Å². The number of anilines is 1. The molecule has 0 unspecified atom stereocenters. The Morgan fingerprint density at radius 2 is 1.82 bits per heavy atom. The van der Waals surface area contributed by atoms with Gasteiger partial charge in [0, 0.05) is 19.3 Å². The van der Waals surface area contributed by atoms with Crippen LogP contribution in [0.25, 0.3) is 11.7 Å². The number of thiocarbonyl (C=S) groups is 1. The lowest BCUT2D eigenvalue weighted by Crippen LogP contribution is -2.28. The maximum absolute atomic E-state index is 13.5. The van der Waals surface area contributed by atoms with Crippen molar-refractivity contribution in [2.45, 2.75) is 33.2 Å². The van der Waals surface area contributed by atoms with Gasteiger partial charge in [0.05, 0.1) is 17.0 Å². The van der Waals surface area contributed by atoms with Gasteiger partial charge in [0.15, 0.2) is 0 Å². The molecular weight excluding hydrogens is 452 g/mol. The van der Waals surface area contributed by atoms with Crippen LogP contribution in [-0.2, 0) is 11.3 Å². The van der Waals surface area contributed by atoms with E-state index >= 15 is 0 Å². The summed E-state index contributed by atoms with van der Waals surface area (Å²) in [5, 5.41) is 0. The number of fused-ring (bicyclic) bond motifs is 1. The molecule has 33 heavy (non-hydrogen) atoms. The van der Waals surface area contributed by atoms with Gasteiger partial charge in [-0.3, -0.25) is 18.9 Å². The van der Waals surface area contributed by atoms with Crippen LogP contribution in [0.1, 0.15) is 35.1 Å². The van der Waals surface area contributed by atoms with Crippen LogP contribution in [0.2, 0.25) is 0 Å². The van der Waals surface area contributed by atoms with Gasteiger partial charge in [-0.25, -0.2) is 4.98 Å². The summed E-state index contributed by atoms with van der Waals surface area (Å²) in [5.74, 6) is 0.474. The predicted octanol–water partition coefficient (Wildman–Crippen LogP) is 4.31. The monoisotopic (exact) mass is 476 g/mol. The Bertz CT molecular complexity index is 1360. The minimum absolute atomic E-state index is 0.172. The van der Waals surface area contributed by atoms with Crippen LogP contribution in [0, 0.1) is 13.8 Å². The summed E-state index contributed by atoms with van der Waals surface area (Å²) in [5.41, 5.74) is 4.03. The molecule has 2 aromatic heterocycles. The van der Waals surface area contributed by atoms with E-state index in [1.165, 1.54) is 11.8 Å². The Hall–Kier alpha value is -2.97. The Balaban J connectivity index is 1.57. The third-order valence-electron chi connectivity index (χ3n) is 6.08. The van der Waals surface area contributed by atoms with Crippen LogP contribution < -0.4 is 10.5 Å². The Kier molecular flexibility index (Phi) is 5.80. The molecule has 0 radical (unpaired) electrons. The van der Waals surface area contributed by atoms with Crippen LogP contribution in [0.4, 0.5) is 5.82 Å². The Labute approximate surface area is 201 Å². The topological polar surface area (TPSA) is 57.9 Å². The molecule has 5 rings (SSSR count). The molecule has 2 aliphatic rings. The number of amides is 1. The molecule has 168 valence electrons. The first kappa shape index (κ1) is 21.9. The number of pyridine rings is 1. The molecule has 0 bridgehead atoms. The second-order valence-electron chi connectivity index (χ2n) is 8.49. The van der Waals surface area contributed by atoms with Crippen molar-refractivity contribution in [3.05, 3.63) is 80.1 Å². The van der Waals surface area contributed by atoms with Gasteiger partial charge in [0.2, 0.25) is 0 Å². The molecule has 0 N–H and O–H groups in total. The third kappa shape index (κ3) is 4.09. The maximum Gasteiger partial charge on any atom is 0.267 e. The van der Waals surface area contributed by atoms with Crippen molar-refractivity contribution in [3.8, 4) is 0 Å². The molecule has 0 saturated carbocycles. The highest BCUT2D eigenvalue weighted by molar-refractivity contribution is 8.26. The van der Waals surface area contributed by atoms with Crippen molar-refractivity contribution in [1.29, 1.82) is 0 Å². The first-order valence-corrected chi connectivity index (χ1v) is 12.2. The molecule has 0 aliphatic carbocycles. The van der Waals surface area contributed by atoms with Gasteiger partial charge < -0.3 is 4.90 Å². The zero-order valence-electron chi connectivity index (χ0n) is 18.6. The normalized spacial score (nSPS) is 17.7. The summed E-state index contributed by atoms with van der Waals surface area (Å²) in [6.45, 7) is 6.09. The number of nitrogens with zero attached hydrogens (tertiary/aromatic N) is 4. The molecule has 0 atom stereocenters. The molecule has 0 spiro atoms. The number of aryl methyl sites for hydroxylation is 2. The van der Waals surface area contributed by atoms with Gasteiger partial charge in [0.25, 0.3) is 11.5 Å². The van der Waals surface area contributed by atoms with Crippen molar-refractivity contribution in [2.75, 3.05) is 18.0 Å². The number of hydrogen-bond donors (Lipinski definition) is 0. The van der Waals surface area contributed by atoms with Crippen molar-refractivity contribution < 1.29 is 4.79 Å². The number of benzene rings is 1. The molecule has 2 aliphatic heterocycles. The lowest BCUT2D eigenvalue weighted by molar-refractivity contribution is -0.122. The van der Waals surface area contributed by atoms with Gasteiger partial charge in [-0.05, 0) is 50.0 Å². The lowest BCUT2D eigenvalue weighted by atomic mass is 10.1. The minimum Gasteiger partial charge on any atom is -0.356 e. The Morgan fingerprint density at radius 3 is 2.55 bits per heavy atom. The number of carbonyl (C=O) groups is 1. The number of thioether (sulfide) groups is 1. The van der Waals surface area contributed by atoms with Gasteiger partial charge in [-0.1, -0.05) is 59.9 Å². The fourth-order valence-electron chi connectivity index (χ4n) is 4.24. The van der Waals surface area contributed by atoms with E-state index in [1.807, 2.05) is 50.2 Å². The van der Waals surface area contributed by atoms with Crippen LogP contribution in [-0.4, -0.2) is 37.6 Å². The van der Waals surface area contributed by atoms with E-state index in [-0.39, 0.29) is 11.5 Å². The van der Waals surface area contributed by atoms with E-state index in [1.54, 1.807) is 21.6 Å². The fourth-order valence-corrected chi connectivity index (χ4v) is 5.48. The average Bonchev–Trinajstić information content (AvgIpc) is 3.42. The number of aromatic nitrogens is 2. The van der Waals surface area contributed by atoms with Crippen LogP contribution in [0.15, 0.2) is 52.3 Å². The van der Waals surface area contributed by atoms with E-state index in [0.717, 1.165) is 42.6 Å². The van der Waals surface area contributed by atoms with Gasteiger partial charge in [-0.15, -0.1) is 0 Å². The zero-order valence-corrected chi connectivity index (χ0v) is 20.2. The van der Waals surface area contributed by atoms with E-state index in [0.29, 0.717) is 32.8 Å². The summed E-state index contributed by atoms with van der Waals surface area (Å²) < 4.78 is 2.06. The SMILES string of the molecule is Cc1ccc(CN2C(=O)C(=Cc3c(N4CCCC4)nc4c(C)cccn4c3=O)SC2=S)cc1. The van der Waals surface area contributed by atoms with Crippen LogP contribution in [0.5, 0.6) is 0 Å². The summed E-state index contributed by atoms with van der Waals surface area (Å²) >= 11 is 6.76. The molecule has 8 heteroatoms. The molecule has 6 nitrogen and oxygen atoms in total. The molecule has 1 amide bonds. The smallest absolute Gasteiger partial charge is 0.267 e. The minimum atomic E-state index is -0.174. The Morgan fingerprint density at radius 1 is 1.09 bits per heavy atom. The highest BCUT2D eigenvalue weighted by Gasteiger charge is 2.33. The molecule has 1 aromatic carbocycles. The number of rotatable bonds is 4. The van der Waals surface area contributed by atoms with Crippen molar-refractivity contribution in [1.82, 2.24) is 14.3 Å². The second kappa shape index (κ2) is 8.76. The fraction of sp³-hybridized carbons (Fsp3) is 0.280. The highest BCUT2D eigenvalue weighted by Crippen LogP contribution is 2.35. The number of carbonyl (C=O) groups excluding carboxylic acids is 1. The largest absolute Gasteiger partial charge is 0.356 e. The quantitative estimate of drug-likeness (QED) is 0.413. The van der Waals surface area contributed by atoms with E-state index in [4.69, 9.17) is 17.2 Å². The number of hydrogen-bond acceptors (Lipinski definition) is 6. The summed E-state index contributed by atoms with van der Waals surface area (Å²) in [4.78, 5) is 35.9. The van der Waals surface area contributed by atoms with Crippen LogP contribution >= 0.6 is 24.0 Å². The first-order chi connectivity index (χ1) is 15.9. The van der Waals surface area contributed by atoms with Gasteiger partial charge >= 0.3 is 0 Å². The molecule has 2 fully saturated rings. The third-order valence-corrected chi connectivity index (χ3v) is 7.46. The maximum atomic E-state index is 13.5. The summed E-state index contributed by atoms with van der Waals surface area (Å²) in [6.07, 6.45) is 5.54. The van der Waals surface area contributed by atoms with E-state index in [2.05, 4.69) is 4.90 Å².